The molecule has 1 aliphatic carbocycles. The van der Waals surface area contributed by atoms with E-state index in [4.69, 9.17) is 4.42 Å². The van der Waals surface area contributed by atoms with Crippen LogP contribution in [0, 0.1) is 0 Å². The highest BCUT2D eigenvalue weighted by atomic mass is 16.3. The molecule has 0 unspecified atom stereocenters. The molecule has 1 atom stereocenters. The van der Waals surface area contributed by atoms with Crippen molar-refractivity contribution in [2.75, 3.05) is 0 Å². The van der Waals surface area contributed by atoms with Gasteiger partial charge in [0, 0.05) is 5.39 Å². The van der Waals surface area contributed by atoms with E-state index in [0.29, 0.717) is 5.76 Å². The average Bonchev–Trinajstić information content (AvgIpc) is 3.10. The zero-order valence-corrected chi connectivity index (χ0v) is 14.5. The summed E-state index contributed by atoms with van der Waals surface area (Å²) in [5.74, 6) is 0.221. The monoisotopic (exact) mass is 333 g/mol. The first-order valence-corrected chi connectivity index (χ1v) is 9.15. The molecule has 0 spiro atoms. The zero-order chi connectivity index (χ0) is 17.2. The van der Waals surface area contributed by atoms with E-state index in [1.807, 2.05) is 30.3 Å². The molecular weight excluding hydrogens is 310 g/mol. The Hall–Kier alpha value is -2.55. The van der Waals surface area contributed by atoms with Crippen molar-refractivity contribution in [3.63, 3.8) is 0 Å². The molecule has 3 heteroatoms. The quantitative estimate of drug-likeness (QED) is 0.713. The Morgan fingerprint density at radius 1 is 1.08 bits per heavy atom. The Bertz CT molecular complexity index is 876. The lowest BCUT2D eigenvalue weighted by molar-refractivity contribution is 0.0909. The van der Waals surface area contributed by atoms with Crippen molar-refractivity contribution in [1.82, 2.24) is 5.32 Å². The van der Waals surface area contributed by atoms with Crippen LogP contribution in [0.2, 0.25) is 0 Å². The molecule has 0 saturated carbocycles. The van der Waals surface area contributed by atoms with Gasteiger partial charge >= 0.3 is 0 Å². The summed E-state index contributed by atoms with van der Waals surface area (Å²) < 4.78 is 5.69. The molecule has 0 fully saturated rings. The molecule has 0 saturated heterocycles. The lowest BCUT2D eigenvalue weighted by Crippen LogP contribution is -2.28. The molecule has 0 bridgehead atoms. The van der Waals surface area contributed by atoms with Crippen LogP contribution < -0.4 is 5.32 Å². The molecule has 3 nitrogen and oxygen atoms in total. The molecule has 1 aromatic heterocycles. The van der Waals surface area contributed by atoms with Gasteiger partial charge in [0.2, 0.25) is 0 Å². The second kappa shape index (κ2) is 6.75. The highest BCUT2D eigenvalue weighted by Crippen LogP contribution is 2.27. The fourth-order valence-corrected chi connectivity index (χ4v) is 3.71. The van der Waals surface area contributed by atoms with Crippen molar-refractivity contribution < 1.29 is 9.21 Å². The number of fused-ring (bicyclic) bond motifs is 2. The lowest BCUT2D eigenvalue weighted by Gasteiger charge is -2.21. The number of hydrogen-bond acceptors (Lipinski definition) is 2. The van der Waals surface area contributed by atoms with Crippen molar-refractivity contribution in [3.05, 3.63) is 71.0 Å². The van der Waals surface area contributed by atoms with Crippen molar-refractivity contribution >= 4 is 16.9 Å². The molecule has 0 radical (unpaired) electrons. The first kappa shape index (κ1) is 15.9. The molecule has 0 aliphatic heterocycles. The lowest BCUT2D eigenvalue weighted by atomic mass is 9.89. The molecular formula is C22H23NO2. The van der Waals surface area contributed by atoms with E-state index in [0.717, 1.165) is 23.8 Å². The van der Waals surface area contributed by atoms with Crippen LogP contribution >= 0.6 is 0 Å². The van der Waals surface area contributed by atoms with Gasteiger partial charge in [-0.3, -0.25) is 4.79 Å². The predicted octanol–water partition coefficient (Wildman–Crippen LogP) is 5.19. The fourth-order valence-electron chi connectivity index (χ4n) is 3.71. The fraction of sp³-hybridized carbons (Fsp3) is 0.318. The van der Waals surface area contributed by atoms with E-state index >= 15 is 0 Å². The molecule has 1 amide bonds. The van der Waals surface area contributed by atoms with Crippen LogP contribution in [0.5, 0.6) is 0 Å². The third kappa shape index (κ3) is 3.19. The third-order valence-electron chi connectivity index (χ3n) is 5.14. The van der Waals surface area contributed by atoms with Gasteiger partial charge in [-0.05, 0) is 60.9 Å². The summed E-state index contributed by atoms with van der Waals surface area (Å²) in [6.07, 6.45) is 5.73. The molecule has 1 N–H and O–H groups in total. The van der Waals surface area contributed by atoms with Gasteiger partial charge in [0.1, 0.15) is 5.58 Å². The number of aryl methyl sites for hydroxylation is 2. The molecule has 4 rings (SSSR count). The van der Waals surface area contributed by atoms with Crippen molar-refractivity contribution in [3.8, 4) is 0 Å². The van der Waals surface area contributed by atoms with E-state index in [1.165, 1.54) is 36.0 Å². The first-order chi connectivity index (χ1) is 12.2. The number of carbonyl (C=O) groups excluding carboxylic acids is 1. The molecule has 2 aromatic carbocycles. The molecule has 1 aliphatic rings. The van der Waals surface area contributed by atoms with Gasteiger partial charge in [-0.25, -0.2) is 0 Å². The number of nitrogens with one attached hydrogen (secondary N) is 1. The van der Waals surface area contributed by atoms with Gasteiger partial charge in [-0.1, -0.05) is 43.3 Å². The Labute approximate surface area is 148 Å². The van der Waals surface area contributed by atoms with Gasteiger partial charge in [-0.15, -0.1) is 0 Å². The van der Waals surface area contributed by atoms with Crippen LogP contribution in [-0.2, 0) is 12.8 Å². The van der Waals surface area contributed by atoms with Crippen LogP contribution in [0.25, 0.3) is 11.0 Å². The summed E-state index contributed by atoms with van der Waals surface area (Å²) in [6, 6.07) is 16.2. The minimum atomic E-state index is -0.152. The average molecular weight is 333 g/mol. The number of hydrogen-bond donors (Lipinski definition) is 1. The summed E-state index contributed by atoms with van der Waals surface area (Å²) in [5.41, 5.74) is 4.84. The van der Waals surface area contributed by atoms with Crippen molar-refractivity contribution in [2.45, 2.75) is 45.1 Å². The van der Waals surface area contributed by atoms with Gasteiger partial charge in [0.05, 0.1) is 6.04 Å². The highest BCUT2D eigenvalue weighted by molar-refractivity contribution is 5.96. The van der Waals surface area contributed by atoms with Gasteiger partial charge in [0.15, 0.2) is 5.76 Å². The Kier molecular flexibility index (Phi) is 4.31. The maximum Gasteiger partial charge on any atom is 0.287 e. The second-order valence-corrected chi connectivity index (χ2v) is 6.82. The van der Waals surface area contributed by atoms with Gasteiger partial charge < -0.3 is 9.73 Å². The summed E-state index contributed by atoms with van der Waals surface area (Å²) in [7, 11) is 0. The van der Waals surface area contributed by atoms with E-state index in [1.54, 1.807) is 0 Å². The van der Waals surface area contributed by atoms with Crippen LogP contribution in [0.3, 0.4) is 0 Å². The second-order valence-electron chi connectivity index (χ2n) is 6.82. The van der Waals surface area contributed by atoms with Crippen LogP contribution in [0.15, 0.2) is 52.9 Å². The number of carbonyl (C=O) groups is 1. The SMILES string of the molecule is CC[C@@H](NC(=O)c1cc2ccccc2o1)c1ccc2c(c1)CCCC2. The van der Waals surface area contributed by atoms with Gasteiger partial charge in [0.25, 0.3) is 5.91 Å². The van der Waals surface area contributed by atoms with E-state index in [2.05, 4.69) is 30.4 Å². The minimum absolute atomic E-state index is 0.00735. The van der Waals surface area contributed by atoms with Crippen LogP contribution in [0.1, 0.15) is 59.5 Å². The minimum Gasteiger partial charge on any atom is -0.451 e. The maximum absolute atomic E-state index is 12.6. The Balaban J connectivity index is 1.56. The van der Waals surface area contributed by atoms with E-state index in [9.17, 15) is 4.79 Å². The Morgan fingerprint density at radius 2 is 1.88 bits per heavy atom. The number of benzene rings is 2. The van der Waals surface area contributed by atoms with E-state index < -0.39 is 0 Å². The number of rotatable bonds is 4. The standard InChI is InChI=1S/C22H23NO2/c1-2-19(17-12-11-15-7-3-4-8-16(15)13-17)23-22(24)21-14-18-9-5-6-10-20(18)25-21/h5-6,9-14,19H,2-4,7-8H2,1H3,(H,23,24)/t19-/m1/s1. The first-order valence-electron chi connectivity index (χ1n) is 9.15. The smallest absolute Gasteiger partial charge is 0.287 e. The van der Waals surface area contributed by atoms with Gasteiger partial charge in [-0.2, -0.15) is 0 Å². The summed E-state index contributed by atoms with van der Waals surface area (Å²) >= 11 is 0. The normalized spacial score (nSPS) is 14.9. The summed E-state index contributed by atoms with van der Waals surface area (Å²) in [4.78, 5) is 12.6. The maximum atomic E-state index is 12.6. The number of para-hydroxylation sites is 1. The highest BCUT2D eigenvalue weighted by Gasteiger charge is 2.19. The van der Waals surface area contributed by atoms with Crippen LogP contribution in [-0.4, -0.2) is 5.91 Å². The summed E-state index contributed by atoms with van der Waals surface area (Å²) in [5, 5.41) is 4.09. The van der Waals surface area contributed by atoms with E-state index in [-0.39, 0.29) is 11.9 Å². The van der Waals surface area contributed by atoms with Crippen molar-refractivity contribution in [2.24, 2.45) is 0 Å². The summed E-state index contributed by atoms with van der Waals surface area (Å²) in [6.45, 7) is 2.10. The largest absolute Gasteiger partial charge is 0.451 e. The molecule has 1 heterocycles. The zero-order valence-electron chi connectivity index (χ0n) is 14.5. The molecule has 128 valence electrons. The number of furan rings is 1. The van der Waals surface area contributed by atoms with Crippen molar-refractivity contribution in [1.29, 1.82) is 0 Å². The Morgan fingerprint density at radius 3 is 2.68 bits per heavy atom. The van der Waals surface area contributed by atoms with Crippen LogP contribution in [0.4, 0.5) is 0 Å². The number of amides is 1. The molecule has 3 aromatic rings. The third-order valence-corrected chi connectivity index (χ3v) is 5.14. The molecule has 25 heavy (non-hydrogen) atoms. The predicted molar refractivity (Wildman–Crippen MR) is 99.8 cm³/mol. The topological polar surface area (TPSA) is 42.2 Å².